The van der Waals surface area contributed by atoms with Gasteiger partial charge < -0.3 is 4.74 Å². The van der Waals surface area contributed by atoms with Crippen LogP contribution >= 0.6 is 11.3 Å². The third-order valence-electron chi connectivity index (χ3n) is 4.53. The van der Waals surface area contributed by atoms with E-state index in [4.69, 9.17) is 4.74 Å². The maximum absolute atomic E-state index is 12.3. The highest BCUT2D eigenvalue weighted by atomic mass is 32.1. The van der Waals surface area contributed by atoms with Gasteiger partial charge in [-0.1, -0.05) is 12.1 Å². The molecule has 0 atom stereocenters. The molecule has 2 aromatic carbocycles. The zero-order chi connectivity index (χ0) is 19.7. The summed E-state index contributed by atoms with van der Waals surface area (Å²) in [4.78, 5) is 16.8. The molecular formula is C22H21N3O2S. The first kappa shape index (κ1) is 18.4. The first-order valence-electron chi connectivity index (χ1n) is 9.08. The molecule has 0 fully saturated rings. The van der Waals surface area contributed by atoms with Crippen LogP contribution in [0.5, 0.6) is 5.75 Å². The van der Waals surface area contributed by atoms with Gasteiger partial charge in [0.15, 0.2) is 0 Å². The second-order valence-corrected chi connectivity index (χ2v) is 8.50. The summed E-state index contributed by atoms with van der Waals surface area (Å²) in [5.74, 6) is 0.671. The third kappa shape index (κ3) is 3.97. The average Bonchev–Trinajstić information content (AvgIpc) is 3.22. The molecule has 0 aliphatic carbocycles. The van der Waals surface area contributed by atoms with Gasteiger partial charge in [0.1, 0.15) is 11.4 Å². The lowest BCUT2D eigenvalue weighted by molar-refractivity contribution is 0.0955. The minimum absolute atomic E-state index is 0.171. The van der Waals surface area contributed by atoms with Gasteiger partial charge >= 0.3 is 0 Å². The molecule has 0 saturated carbocycles. The molecule has 1 aliphatic rings. The Bertz CT molecular complexity index is 1050. The summed E-state index contributed by atoms with van der Waals surface area (Å²) in [6.45, 7) is 6.12. The maximum Gasteiger partial charge on any atom is 0.271 e. The van der Waals surface area contributed by atoms with Crippen molar-refractivity contribution in [2.45, 2.75) is 32.8 Å². The molecule has 1 amide bonds. The van der Waals surface area contributed by atoms with E-state index in [1.807, 2.05) is 42.6 Å². The first-order chi connectivity index (χ1) is 13.4. The van der Waals surface area contributed by atoms with Gasteiger partial charge in [0.2, 0.25) is 0 Å². The molecule has 4 rings (SSSR count). The van der Waals surface area contributed by atoms with Gasteiger partial charge in [0.25, 0.3) is 5.91 Å². The number of hydrogen-bond acceptors (Lipinski definition) is 5. The molecule has 0 spiro atoms. The van der Waals surface area contributed by atoms with Crippen LogP contribution in [0.4, 0.5) is 0 Å². The summed E-state index contributed by atoms with van der Waals surface area (Å²) in [5, 5.41) is 7.12. The van der Waals surface area contributed by atoms with E-state index in [-0.39, 0.29) is 11.5 Å². The Morgan fingerprint density at radius 2 is 2.04 bits per heavy atom. The SMILES string of the molecule is Cc1nc(-c2ccc(C(=O)N/N=C/c3ccc4c(c3)CC(C)(C)O4)cc2)cs1. The number of carbonyl (C=O) groups excluding carboxylic acids is 1. The summed E-state index contributed by atoms with van der Waals surface area (Å²) in [7, 11) is 0. The van der Waals surface area contributed by atoms with Crippen molar-refractivity contribution in [3.63, 3.8) is 0 Å². The minimum atomic E-state index is -0.247. The number of rotatable bonds is 4. The van der Waals surface area contributed by atoms with Gasteiger partial charge in [-0.05, 0) is 62.2 Å². The Kier molecular flexibility index (Phi) is 4.73. The molecule has 6 heteroatoms. The summed E-state index contributed by atoms with van der Waals surface area (Å²) in [5.41, 5.74) is 6.97. The lowest BCUT2D eigenvalue weighted by Gasteiger charge is -2.16. The molecule has 2 heterocycles. The molecule has 0 unspecified atom stereocenters. The van der Waals surface area contributed by atoms with Crippen molar-refractivity contribution in [2.75, 3.05) is 0 Å². The number of aryl methyl sites for hydroxylation is 1. The number of nitrogens with one attached hydrogen (secondary N) is 1. The van der Waals surface area contributed by atoms with E-state index < -0.39 is 0 Å². The van der Waals surface area contributed by atoms with Crippen LogP contribution in [0.1, 0.15) is 40.3 Å². The van der Waals surface area contributed by atoms with Crippen molar-refractivity contribution >= 4 is 23.5 Å². The van der Waals surface area contributed by atoms with Crippen molar-refractivity contribution in [3.8, 4) is 17.0 Å². The topological polar surface area (TPSA) is 63.6 Å². The monoisotopic (exact) mass is 391 g/mol. The quantitative estimate of drug-likeness (QED) is 0.522. The largest absolute Gasteiger partial charge is 0.487 e. The molecule has 0 radical (unpaired) electrons. The highest BCUT2D eigenvalue weighted by molar-refractivity contribution is 7.09. The fourth-order valence-corrected chi connectivity index (χ4v) is 3.85. The van der Waals surface area contributed by atoms with E-state index in [2.05, 4.69) is 29.4 Å². The van der Waals surface area contributed by atoms with Gasteiger partial charge in [-0.2, -0.15) is 5.10 Å². The lowest BCUT2D eigenvalue weighted by atomic mass is 10.0. The summed E-state index contributed by atoms with van der Waals surface area (Å²) < 4.78 is 5.87. The Balaban J connectivity index is 1.39. The van der Waals surface area contributed by atoms with Crippen molar-refractivity contribution in [1.82, 2.24) is 10.4 Å². The summed E-state index contributed by atoms with van der Waals surface area (Å²) in [6, 6.07) is 13.3. The Hall–Kier alpha value is -2.99. The highest BCUT2D eigenvalue weighted by Gasteiger charge is 2.29. The smallest absolute Gasteiger partial charge is 0.271 e. The van der Waals surface area contributed by atoms with Crippen molar-refractivity contribution in [3.05, 3.63) is 69.5 Å². The number of hydrogen-bond donors (Lipinski definition) is 1. The second kappa shape index (κ2) is 7.20. The molecule has 1 N–H and O–H groups in total. The molecule has 0 saturated heterocycles. The van der Waals surface area contributed by atoms with Crippen molar-refractivity contribution in [1.29, 1.82) is 0 Å². The normalized spacial score (nSPS) is 14.7. The van der Waals surface area contributed by atoms with Crippen molar-refractivity contribution < 1.29 is 9.53 Å². The van der Waals surface area contributed by atoms with Crippen LogP contribution in [0.3, 0.4) is 0 Å². The Morgan fingerprint density at radius 3 is 2.75 bits per heavy atom. The standard InChI is InChI=1S/C22H21N3O2S/c1-14-24-19(13-28-14)16-5-7-17(8-6-16)21(26)25-23-12-15-4-9-20-18(10-15)11-22(2,3)27-20/h4-10,12-13H,11H2,1-3H3,(H,25,26)/b23-12+. The number of carbonyl (C=O) groups is 1. The predicted octanol–water partition coefficient (Wildman–Crippen LogP) is 4.60. The number of amides is 1. The Labute approximate surface area is 168 Å². The Morgan fingerprint density at radius 1 is 1.25 bits per heavy atom. The van der Waals surface area contributed by atoms with Crippen LogP contribution in [0, 0.1) is 6.92 Å². The van der Waals surface area contributed by atoms with Gasteiger partial charge in [0, 0.05) is 22.9 Å². The number of hydrazone groups is 1. The second-order valence-electron chi connectivity index (χ2n) is 7.43. The van der Waals surface area contributed by atoms with Gasteiger partial charge in [-0.3, -0.25) is 4.79 Å². The van der Waals surface area contributed by atoms with Gasteiger partial charge in [-0.25, -0.2) is 10.4 Å². The minimum Gasteiger partial charge on any atom is -0.487 e. The number of aromatic nitrogens is 1. The number of ether oxygens (including phenoxy) is 1. The van der Waals surface area contributed by atoms with Crippen LogP contribution in [0.15, 0.2) is 52.9 Å². The molecule has 3 aromatic rings. The lowest BCUT2D eigenvalue weighted by Crippen LogP contribution is -2.24. The predicted molar refractivity (Wildman–Crippen MR) is 112 cm³/mol. The third-order valence-corrected chi connectivity index (χ3v) is 5.30. The number of benzene rings is 2. The van der Waals surface area contributed by atoms with Gasteiger partial charge in [-0.15, -0.1) is 11.3 Å². The summed E-state index contributed by atoms with van der Waals surface area (Å²) >= 11 is 1.61. The number of thiazole rings is 1. The molecule has 142 valence electrons. The highest BCUT2D eigenvalue weighted by Crippen LogP contribution is 2.34. The first-order valence-corrected chi connectivity index (χ1v) is 9.95. The van der Waals surface area contributed by atoms with E-state index >= 15 is 0 Å². The summed E-state index contributed by atoms with van der Waals surface area (Å²) in [6.07, 6.45) is 2.51. The average molecular weight is 391 g/mol. The van der Waals surface area contributed by atoms with E-state index in [0.29, 0.717) is 5.56 Å². The van der Waals surface area contributed by atoms with E-state index in [1.54, 1.807) is 29.7 Å². The van der Waals surface area contributed by atoms with Gasteiger partial charge in [0.05, 0.1) is 16.9 Å². The molecule has 28 heavy (non-hydrogen) atoms. The van der Waals surface area contributed by atoms with Crippen LogP contribution < -0.4 is 10.2 Å². The van der Waals surface area contributed by atoms with Crippen LogP contribution in [0.2, 0.25) is 0 Å². The molecule has 0 bridgehead atoms. The fraction of sp³-hybridized carbons (Fsp3) is 0.227. The van der Waals surface area contributed by atoms with E-state index in [9.17, 15) is 4.79 Å². The van der Waals surface area contributed by atoms with E-state index in [1.165, 1.54) is 0 Å². The van der Waals surface area contributed by atoms with Crippen LogP contribution in [0.25, 0.3) is 11.3 Å². The molecule has 5 nitrogen and oxygen atoms in total. The molecule has 1 aromatic heterocycles. The number of nitrogens with zero attached hydrogens (tertiary/aromatic N) is 2. The zero-order valence-corrected chi connectivity index (χ0v) is 16.8. The van der Waals surface area contributed by atoms with Crippen LogP contribution in [-0.4, -0.2) is 22.7 Å². The fourth-order valence-electron chi connectivity index (χ4n) is 3.23. The van der Waals surface area contributed by atoms with E-state index in [0.717, 1.165) is 39.6 Å². The maximum atomic E-state index is 12.3. The van der Waals surface area contributed by atoms with Crippen molar-refractivity contribution in [2.24, 2.45) is 5.10 Å². The molecule has 1 aliphatic heterocycles. The zero-order valence-electron chi connectivity index (χ0n) is 16.0. The van der Waals surface area contributed by atoms with Crippen LogP contribution in [-0.2, 0) is 6.42 Å². The number of fused-ring (bicyclic) bond motifs is 1. The molecular weight excluding hydrogens is 370 g/mol.